The van der Waals surface area contributed by atoms with Gasteiger partial charge in [0.1, 0.15) is 23.7 Å². The third kappa shape index (κ3) is 6.74. The van der Waals surface area contributed by atoms with Crippen LogP contribution in [0.2, 0.25) is 0 Å². The van der Waals surface area contributed by atoms with Crippen molar-refractivity contribution < 1.29 is 34.6 Å². The summed E-state index contributed by atoms with van der Waals surface area (Å²) in [5, 5.41) is 28.7. The molecule has 0 aromatic heterocycles. The average Bonchev–Trinajstić information content (AvgIpc) is 3.06. The number of esters is 1. The van der Waals surface area contributed by atoms with Crippen molar-refractivity contribution in [1.29, 1.82) is 0 Å². The summed E-state index contributed by atoms with van der Waals surface area (Å²) < 4.78 is 10.5. The summed E-state index contributed by atoms with van der Waals surface area (Å²) in [5.74, 6) is 0.185. The molecule has 1 amide bonds. The van der Waals surface area contributed by atoms with Crippen LogP contribution >= 0.6 is 0 Å². The van der Waals surface area contributed by atoms with E-state index in [1.54, 1.807) is 7.11 Å². The van der Waals surface area contributed by atoms with Gasteiger partial charge >= 0.3 is 5.97 Å². The number of cyclic esters (lactones) is 1. The number of nitrogens with zero attached hydrogens (tertiary/aromatic N) is 1. The SMILES string of the molecule is CCC/C(C)=C/Cc1c(O)c2c(c(C)c1OC)COC2=O.O=CNCCN(O)O. The van der Waals surface area contributed by atoms with Gasteiger partial charge in [0.05, 0.1) is 13.7 Å². The zero-order valence-electron chi connectivity index (χ0n) is 17.3. The topological polar surface area (TPSA) is 129 Å². The van der Waals surface area contributed by atoms with E-state index >= 15 is 0 Å². The average molecular weight is 410 g/mol. The number of hydroxylamine groups is 2. The Kier molecular flexibility index (Phi) is 10.1. The molecule has 0 atom stereocenters. The molecular formula is C20H30N2O7. The molecule has 1 heterocycles. The van der Waals surface area contributed by atoms with Gasteiger partial charge in [0.15, 0.2) is 0 Å². The number of nitrogens with one attached hydrogen (secondary N) is 1. The molecule has 1 aromatic carbocycles. The highest BCUT2D eigenvalue weighted by atomic mass is 16.8. The maximum absolute atomic E-state index is 11.8. The largest absolute Gasteiger partial charge is 0.507 e. The Balaban J connectivity index is 0.000000447. The van der Waals surface area contributed by atoms with Crippen molar-refractivity contribution in [3.8, 4) is 11.5 Å². The highest BCUT2D eigenvalue weighted by Gasteiger charge is 2.31. The number of amides is 1. The molecular weight excluding hydrogens is 380 g/mol. The lowest BCUT2D eigenvalue weighted by Crippen LogP contribution is -2.26. The molecule has 2 rings (SSSR count). The maximum Gasteiger partial charge on any atom is 0.342 e. The molecule has 4 N–H and O–H groups in total. The van der Waals surface area contributed by atoms with E-state index in [1.807, 2.05) is 6.92 Å². The number of methoxy groups -OCH3 is 1. The second-order valence-electron chi connectivity index (χ2n) is 6.59. The lowest BCUT2D eigenvalue weighted by atomic mass is 9.94. The van der Waals surface area contributed by atoms with Crippen LogP contribution in [0.1, 0.15) is 53.7 Å². The van der Waals surface area contributed by atoms with Gasteiger partial charge in [0.25, 0.3) is 0 Å². The summed E-state index contributed by atoms with van der Waals surface area (Å²) in [4.78, 5) is 21.3. The van der Waals surface area contributed by atoms with Crippen LogP contribution in [0.3, 0.4) is 0 Å². The number of ether oxygens (including phenoxy) is 2. The van der Waals surface area contributed by atoms with Crippen molar-refractivity contribution in [3.63, 3.8) is 0 Å². The molecule has 1 aliphatic rings. The first-order valence-electron chi connectivity index (χ1n) is 9.34. The van der Waals surface area contributed by atoms with Crippen LogP contribution in [-0.2, 0) is 22.6 Å². The van der Waals surface area contributed by atoms with Crippen molar-refractivity contribution in [3.05, 3.63) is 33.9 Å². The van der Waals surface area contributed by atoms with Gasteiger partial charge in [0.2, 0.25) is 6.41 Å². The van der Waals surface area contributed by atoms with E-state index in [1.165, 1.54) is 5.57 Å². The summed E-state index contributed by atoms with van der Waals surface area (Å²) in [6.45, 7) is 6.54. The van der Waals surface area contributed by atoms with E-state index in [2.05, 4.69) is 25.2 Å². The molecule has 0 fully saturated rings. The van der Waals surface area contributed by atoms with Gasteiger partial charge in [-0.2, -0.15) is 0 Å². The van der Waals surface area contributed by atoms with E-state index < -0.39 is 5.97 Å². The molecule has 9 nitrogen and oxygen atoms in total. The molecule has 0 unspecified atom stereocenters. The number of hydrogen-bond donors (Lipinski definition) is 4. The van der Waals surface area contributed by atoms with Crippen LogP contribution in [0.15, 0.2) is 11.6 Å². The number of hydrogen-bond acceptors (Lipinski definition) is 8. The first kappa shape index (κ1) is 24.4. The number of phenolic OH excluding ortho intramolecular Hbond substituents is 1. The zero-order chi connectivity index (χ0) is 22.0. The standard InChI is InChI=1S/C17H22O4.C3H8N2O3/c1-5-6-10(2)7-8-12-15(18)14-13(9-21-17(14)19)11(3)16(12)20-4;6-3-4-1-2-5(7)8/h7,18H,5-6,8-9H2,1-4H3;3,7-8H,1-2H2,(H,4,6)/b10-7+;. The van der Waals surface area contributed by atoms with E-state index in [0.29, 0.717) is 29.7 Å². The third-order valence-corrected chi connectivity index (χ3v) is 4.49. The number of carbonyl (C=O) groups is 2. The molecule has 9 heteroatoms. The summed E-state index contributed by atoms with van der Waals surface area (Å²) in [7, 11) is 1.58. The van der Waals surface area contributed by atoms with Crippen LogP contribution in [-0.4, -0.2) is 53.3 Å². The lowest BCUT2D eigenvalue weighted by Gasteiger charge is -2.15. The first-order valence-corrected chi connectivity index (χ1v) is 9.34. The summed E-state index contributed by atoms with van der Waals surface area (Å²) >= 11 is 0. The number of benzene rings is 1. The number of fused-ring (bicyclic) bond motifs is 1. The number of aromatic hydroxyl groups is 1. The van der Waals surface area contributed by atoms with Gasteiger partial charge in [-0.15, -0.1) is 0 Å². The zero-order valence-corrected chi connectivity index (χ0v) is 17.3. The molecule has 1 aromatic rings. The quantitative estimate of drug-likeness (QED) is 0.161. The molecule has 0 saturated heterocycles. The molecule has 162 valence electrons. The van der Waals surface area contributed by atoms with E-state index in [9.17, 15) is 14.7 Å². The van der Waals surface area contributed by atoms with Gasteiger partial charge in [-0.1, -0.05) is 30.2 Å². The van der Waals surface area contributed by atoms with Crippen LogP contribution in [0.5, 0.6) is 11.5 Å². The fourth-order valence-corrected chi connectivity index (χ4v) is 3.02. The van der Waals surface area contributed by atoms with Crippen molar-refractivity contribution in [2.75, 3.05) is 20.2 Å². The summed E-state index contributed by atoms with van der Waals surface area (Å²) in [6, 6.07) is 0. The summed E-state index contributed by atoms with van der Waals surface area (Å²) in [6.07, 6.45) is 5.22. The summed E-state index contributed by atoms with van der Waals surface area (Å²) in [5.41, 5.74) is 3.81. The minimum absolute atomic E-state index is 0.00417. The van der Waals surface area contributed by atoms with Crippen LogP contribution in [0.25, 0.3) is 0 Å². The fraction of sp³-hybridized carbons (Fsp3) is 0.500. The fourth-order valence-electron chi connectivity index (χ4n) is 3.02. The Morgan fingerprint density at radius 1 is 1.38 bits per heavy atom. The molecule has 0 aliphatic carbocycles. The first-order chi connectivity index (χ1) is 13.8. The Bertz CT molecular complexity index is 745. The van der Waals surface area contributed by atoms with Gasteiger partial charge in [-0.3, -0.25) is 15.2 Å². The highest BCUT2D eigenvalue weighted by Crippen LogP contribution is 2.41. The van der Waals surface area contributed by atoms with Gasteiger partial charge in [0, 0.05) is 17.7 Å². The highest BCUT2D eigenvalue weighted by molar-refractivity contribution is 5.98. The van der Waals surface area contributed by atoms with Gasteiger partial charge in [-0.25, -0.2) is 4.79 Å². The molecule has 0 radical (unpaired) electrons. The molecule has 29 heavy (non-hydrogen) atoms. The lowest BCUT2D eigenvalue weighted by molar-refractivity contribution is -0.305. The Hall–Kier alpha value is -2.62. The van der Waals surface area contributed by atoms with E-state index in [4.69, 9.17) is 19.9 Å². The van der Waals surface area contributed by atoms with Crippen LogP contribution in [0.4, 0.5) is 0 Å². The van der Waals surface area contributed by atoms with Crippen molar-refractivity contribution >= 4 is 12.4 Å². The molecule has 0 bridgehead atoms. The Morgan fingerprint density at radius 3 is 2.62 bits per heavy atom. The Morgan fingerprint density at radius 2 is 2.07 bits per heavy atom. The minimum Gasteiger partial charge on any atom is -0.507 e. The van der Waals surface area contributed by atoms with Crippen molar-refractivity contribution in [2.24, 2.45) is 0 Å². The number of phenols is 1. The van der Waals surface area contributed by atoms with Crippen molar-refractivity contribution in [2.45, 2.75) is 46.6 Å². The number of carbonyl (C=O) groups excluding carboxylic acids is 2. The van der Waals surface area contributed by atoms with Gasteiger partial charge < -0.3 is 19.9 Å². The predicted molar refractivity (Wildman–Crippen MR) is 105 cm³/mol. The normalized spacial score (nSPS) is 12.8. The number of allylic oxidation sites excluding steroid dienone is 2. The van der Waals surface area contributed by atoms with E-state index in [-0.39, 0.29) is 30.7 Å². The monoisotopic (exact) mass is 410 g/mol. The molecule has 0 spiro atoms. The van der Waals surface area contributed by atoms with Crippen molar-refractivity contribution in [1.82, 2.24) is 10.5 Å². The number of rotatable bonds is 9. The van der Waals surface area contributed by atoms with E-state index in [0.717, 1.165) is 24.0 Å². The molecule has 1 aliphatic heterocycles. The second-order valence-corrected chi connectivity index (χ2v) is 6.59. The minimum atomic E-state index is -0.455. The van der Waals surface area contributed by atoms with Gasteiger partial charge in [-0.05, 0) is 32.3 Å². The maximum atomic E-state index is 11.8. The Labute approximate surface area is 170 Å². The van der Waals surface area contributed by atoms with Crippen LogP contribution < -0.4 is 10.1 Å². The smallest absolute Gasteiger partial charge is 0.342 e. The predicted octanol–water partition coefficient (Wildman–Crippen LogP) is 2.48. The second kappa shape index (κ2) is 12.1. The molecule has 0 saturated carbocycles. The van der Waals surface area contributed by atoms with Crippen LogP contribution in [0, 0.1) is 6.92 Å². The third-order valence-electron chi connectivity index (χ3n) is 4.49.